The van der Waals surface area contributed by atoms with Gasteiger partial charge in [0.15, 0.2) is 0 Å². The van der Waals surface area contributed by atoms with Crippen molar-refractivity contribution >= 4 is 16.9 Å². The molecule has 5 heteroatoms. The number of likely N-dealkylation sites (tertiary alicyclic amines) is 1. The van der Waals surface area contributed by atoms with E-state index in [-0.39, 0.29) is 19.1 Å². The van der Waals surface area contributed by atoms with Crippen LogP contribution in [0.2, 0.25) is 0 Å². The van der Waals surface area contributed by atoms with E-state index in [1.807, 2.05) is 28.8 Å². The van der Waals surface area contributed by atoms with Crippen LogP contribution < -0.4 is 0 Å². The molecule has 0 unspecified atom stereocenters. The molecule has 1 aliphatic heterocycles. The van der Waals surface area contributed by atoms with Crippen molar-refractivity contribution < 1.29 is 9.90 Å². The monoisotopic (exact) mass is 327 g/mol. The average Bonchev–Trinajstić information content (AvgIpc) is 2.99. The molecule has 4 rings (SSSR count). The lowest BCUT2D eigenvalue weighted by atomic mass is 9.78. The molecule has 1 saturated heterocycles. The number of fused-ring (bicyclic) bond motifs is 2. The highest BCUT2D eigenvalue weighted by molar-refractivity contribution is 5.81. The van der Waals surface area contributed by atoms with Gasteiger partial charge in [0.05, 0.1) is 11.0 Å². The molecule has 2 aromatic rings. The number of nitrogens with zero attached hydrogens (tertiary/aromatic N) is 3. The van der Waals surface area contributed by atoms with E-state index in [0.29, 0.717) is 17.8 Å². The van der Waals surface area contributed by atoms with Crippen molar-refractivity contribution in [1.29, 1.82) is 0 Å². The first-order chi connectivity index (χ1) is 11.8. The molecule has 24 heavy (non-hydrogen) atoms. The van der Waals surface area contributed by atoms with E-state index in [2.05, 4.69) is 9.88 Å². The molecule has 2 atom stereocenters. The molecule has 2 fully saturated rings. The van der Waals surface area contributed by atoms with Crippen LogP contribution in [0, 0.1) is 5.92 Å². The number of carbonyl (C=O) groups is 1. The van der Waals surface area contributed by atoms with Crippen LogP contribution in [-0.2, 0) is 17.9 Å². The van der Waals surface area contributed by atoms with Gasteiger partial charge < -0.3 is 14.6 Å². The van der Waals surface area contributed by atoms with Gasteiger partial charge in [-0.25, -0.2) is 4.98 Å². The van der Waals surface area contributed by atoms with Crippen LogP contribution in [-0.4, -0.2) is 38.1 Å². The topological polar surface area (TPSA) is 58.4 Å². The lowest BCUT2D eigenvalue weighted by Crippen LogP contribution is -2.50. The third-order valence-electron chi connectivity index (χ3n) is 5.73. The van der Waals surface area contributed by atoms with Crippen LogP contribution >= 0.6 is 0 Å². The first kappa shape index (κ1) is 15.6. The van der Waals surface area contributed by atoms with Gasteiger partial charge in [-0.2, -0.15) is 0 Å². The molecule has 2 aliphatic rings. The number of benzene rings is 1. The fraction of sp³-hybridized carbons (Fsp3) is 0.579. The number of para-hydroxylation sites is 2. The van der Waals surface area contributed by atoms with Gasteiger partial charge in [0.25, 0.3) is 0 Å². The second-order valence-electron chi connectivity index (χ2n) is 7.10. The quantitative estimate of drug-likeness (QED) is 0.943. The van der Waals surface area contributed by atoms with E-state index < -0.39 is 0 Å². The summed E-state index contributed by atoms with van der Waals surface area (Å²) in [5.41, 5.74) is 1.76. The van der Waals surface area contributed by atoms with E-state index >= 15 is 0 Å². The van der Waals surface area contributed by atoms with Gasteiger partial charge in [0.1, 0.15) is 19.0 Å². The number of amides is 1. The number of rotatable bonds is 3. The molecular formula is C19H25N3O2. The smallest absolute Gasteiger partial charge is 0.242 e. The Labute approximate surface area is 142 Å². The largest absolute Gasteiger partial charge is 0.388 e. The van der Waals surface area contributed by atoms with Gasteiger partial charge in [0.2, 0.25) is 5.91 Å². The predicted octanol–water partition coefficient (Wildman–Crippen LogP) is 2.71. The molecule has 1 aromatic carbocycles. The molecule has 5 nitrogen and oxygen atoms in total. The second kappa shape index (κ2) is 6.55. The van der Waals surface area contributed by atoms with Crippen molar-refractivity contribution in [2.24, 2.45) is 5.92 Å². The number of hydrogen-bond donors (Lipinski definition) is 1. The van der Waals surface area contributed by atoms with E-state index in [1.54, 1.807) is 0 Å². The highest BCUT2D eigenvalue weighted by Gasteiger charge is 2.35. The number of aromatic nitrogens is 2. The molecule has 1 N–H and O–H groups in total. The maximum absolute atomic E-state index is 13.0. The summed E-state index contributed by atoms with van der Waals surface area (Å²) in [6, 6.07) is 8.19. The summed E-state index contributed by atoms with van der Waals surface area (Å²) in [5, 5.41) is 9.62. The molecular weight excluding hydrogens is 302 g/mol. The van der Waals surface area contributed by atoms with Crippen LogP contribution in [0.25, 0.3) is 11.0 Å². The molecule has 1 aromatic heterocycles. The molecule has 0 bridgehead atoms. The summed E-state index contributed by atoms with van der Waals surface area (Å²) in [4.78, 5) is 19.6. The SMILES string of the molecule is O=C(Cn1c(CO)nc2ccccc21)N1CCC[C@@H]2CCCC[C@@H]21. The van der Waals surface area contributed by atoms with Crippen molar-refractivity contribution in [3.63, 3.8) is 0 Å². The Morgan fingerprint density at radius 2 is 1.96 bits per heavy atom. The third-order valence-corrected chi connectivity index (χ3v) is 5.73. The number of carbonyl (C=O) groups excluding carboxylic acids is 1. The average molecular weight is 327 g/mol. The Hall–Kier alpha value is -1.88. The van der Waals surface area contributed by atoms with Gasteiger partial charge in [-0.05, 0) is 43.7 Å². The van der Waals surface area contributed by atoms with E-state index in [4.69, 9.17) is 0 Å². The minimum Gasteiger partial charge on any atom is -0.388 e. The fourth-order valence-electron chi connectivity index (χ4n) is 4.58. The molecule has 0 spiro atoms. The maximum Gasteiger partial charge on any atom is 0.242 e. The van der Waals surface area contributed by atoms with Crippen molar-refractivity contribution in [3.05, 3.63) is 30.1 Å². The molecule has 1 saturated carbocycles. The minimum absolute atomic E-state index is 0.145. The zero-order valence-corrected chi connectivity index (χ0v) is 14.0. The predicted molar refractivity (Wildman–Crippen MR) is 92.3 cm³/mol. The normalized spacial score (nSPS) is 24.1. The summed E-state index contributed by atoms with van der Waals surface area (Å²) >= 11 is 0. The number of imidazole rings is 1. The fourth-order valence-corrected chi connectivity index (χ4v) is 4.58. The Morgan fingerprint density at radius 1 is 1.17 bits per heavy atom. The van der Waals surface area contributed by atoms with Gasteiger partial charge in [-0.15, -0.1) is 0 Å². The number of aliphatic hydroxyl groups excluding tert-OH is 1. The third kappa shape index (κ3) is 2.71. The van der Waals surface area contributed by atoms with Crippen molar-refractivity contribution in [3.8, 4) is 0 Å². The van der Waals surface area contributed by atoms with Crippen LogP contribution in [0.5, 0.6) is 0 Å². The Kier molecular flexibility index (Phi) is 4.27. The van der Waals surface area contributed by atoms with Crippen LogP contribution in [0.15, 0.2) is 24.3 Å². The lowest BCUT2D eigenvalue weighted by molar-refractivity contribution is -0.138. The number of piperidine rings is 1. The van der Waals surface area contributed by atoms with Crippen molar-refractivity contribution in [1.82, 2.24) is 14.5 Å². The van der Waals surface area contributed by atoms with Gasteiger partial charge in [-0.3, -0.25) is 4.79 Å². The van der Waals surface area contributed by atoms with Crippen molar-refractivity contribution in [2.45, 2.75) is 57.7 Å². The summed E-state index contributed by atoms with van der Waals surface area (Å²) in [7, 11) is 0. The number of aliphatic hydroxyl groups is 1. The summed E-state index contributed by atoms with van der Waals surface area (Å²) in [5.74, 6) is 1.43. The van der Waals surface area contributed by atoms with Crippen molar-refractivity contribution in [2.75, 3.05) is 6.54 Å². The molecule has 1 aliphatic carbocycles. The highest BCUT2D eigenvalue weighted by Crippen LogP contribution is 2.35. The second-order valence-corrected chi connectivity index (χ2v) is 7.10. The van der Waals surface area contributed by atoms with Gasteiger partial charge in [-0.1, -0.05) is 25.0 Å². The first-order valence-corrected chi connectivity index (χ1v) is 9.12. The van der Waals surface area contributed by atoms with E-state index in [1.165, 1.54) is 25.7 Å². The summed E-state index contributed by atoms with van der Waals surface area (Å²) in [6.07, 6.45) is 7.35. The zero-order chi connectivity index (χ0) is 16.5. The maximum atomic E-state index is 13.0. The molecule has 0 radical (unpaired) electrons. The molecule has 2 heterocycles. The van der Waals surface area contributed by atoms with Gasteiger partial charge >= 0.3 is 0 Å². The molecule has 1 amide bonds. The Bertz CT molecular complexity index is 737. The van der Waals surface area contributed by atoms with E-state index in [9.17, 15) is 9.90 Å². The van der Waals surface area contributed by atoms with Crippen LogP contribution in [0.4, 0.5) is 0 Å². The van der Waals surface area contributed by atoms with Crippen LogP contribution in [0.1, 0.15) is 44.3 Å². The summed E-state index contributed by atoms with van der Waals surface area (Å²) < 4.78 is 1.88. The summed E-state index contributed by atoms with van der Waals surface area (Å²) in [6.45, 7) is 1.01. The Balaban J connectivity index is 1.59. The minimum atomic E-state index is -0.145. The van der Waals surface area contributed by atoms with Gasteiger partial charge in [0, 0.05) is 12.6 Å². The Morgan fingerprint density at radius 3 is 2.83 bits per heavy atom. The zero-order valence-electron chi connectivity index (χ0n) is 14.0. The standard InChI is InChI=1S/C19H25N3O2/c23-13-18-20-15-8-2-4-10-17(15)22(18)12-19(24)21-11-5-7-14-6-1-3-9-16(14)21/h2,4,8,10,14,16,23H,1,3,5-7,9,11-13H2/t14-,16-/m0/s1. The molecule has 128 valence electrons. The van der Waals surface area contributed by atoms with E-state index in [0.717, 1.165) is 30.4 Å². The number of hydrogen-bond acceptors (Lipinski definition) is 3. The lowest BCUT2D eigenvalue weighted by Gasteiger charge is -2.44. The van der Waals surface area contributed by atoms with Crippen LogP contribution in [0.3, 0.4) is 0 Å². The first-order valence-electron chi connectivity index (χ1n) is 9.12. The highest BCUT2D eigenvalue weighted by atomic mass is 16.3.